The number of benzene rings is 3. The summed E-state index contributed by atoms with van der Waals surface area (Å²) in [7, 11) is 2.98. The molecule has 2 aliphatic heterocycles. The van der Waals surface area contributed by atoms with Crippen LogP contribution < -0.4 is 0 Å². The SMILES string of the molecule is COC(=O)[C@H](C(C)C)N(C)C(=O)N1CCCN(C(=O)C2=CC=CC=CN2C(c2ccccc2)(c2ccccc2)c2ccccc2)CC1. The Balaban J connectivity index is 1.51. The van der Waals surface area contributed by atoms with Crippen LogP contribution in [-0.4, -0.2) is 83.9 Å². The van der Waals surface area contributed by atoms with E-state index >= 15 is 0 Å². The van der Waals surface area contributed by atoms with E-state index in [2.05, 4.69) is 41.3 Å². The van der Waals surface area contributed by atoms with Crippen LogP contribution in [-0.2, 0) is 19.9 Å². The Bertz CT molecular complexity index is 1520. The molecule has 1 atom stereocenters. The molecule has 2 aliphatic rings. The summed E-state index contributed by atoms with van der Waals surface area (Å²) >= 11 is 0. The molecule has 0 N–H and O–H groups in total. The predicted molar refractivity (Wildman–Crippen MR) is 184 cm³/mol. The van der Waals surface area contributed by atoms with Gasteiger partial charge >= 0.3 is 12.0 Å². The molecule has 0 saturated carbocycles. The summed E-state index contributed by atoms with van der Waals surface area (Å²) in [5.74, 6) is -0.678. The van der Waals surface area contributed by atoms with Gasteiger partial charge in [0, 0.05) is 39.4 Å². The van der Waals surface area contributed by atoms with Crippen molar-refractivity contribution in [3.8, 4) is 0 Å². The third kappa shape index (κ3) is 6.73. The number of amides is 3. The lowest BCUT2D eigenvalue weighted by Gasteiger charge is -2.46. The van der Waals surface area contributed by atoms with Crippen molar-refractivity contribution in [1.29, 1.82) is 0 Å². The second-order valence-corrected chi connectivity index (χ2v) is 12.2. The van der Waals surface area contributed by atoms with Gasteiger partial charge in [-0.05, 0) is 41.2 Å². The number of nitrogens with zero attached hydrogens (tertiary/aromatic N) is 4. The van der Waals surface area contributed by atoms with Gasteiger partial charge in [-0.25, -0.2) is 9.59 Å². The number of esters is 1. The van der Waals surface area contributed by atoms with Crippen molar-refractivity contribution in [1.82, 2.24) is 19.6 Å². The van der Waals surface area contributed by atoms with Crippen LogP contribution in [0.2, 0.25) is 0 Å². The van der Waals surface area contributed by atoms with E-state index in [-0.39, 0.29) is 17.9 Å². The van der Waals surface area contributed by atoms with Gasteiger partial charge in [0.15, 0.2) is 0 Å². The summed E-state index contributed by atoms with van der Waals surface area (Å²) < 4.78 is 4.99. The van der Waals surface area contributed by atoms with Gasteiger partial charge in [-0.2, -0.15) is 0 Å². The van der Waals surface area contributed by atoms with Crippen molar-refractivity contribution >= 4 is 17.9 Å². The lowest BCUT2D eigenvalue weighted by molar-refractivity contribution is -0.147. The summed E-state index contributed by atoms with van der Waals surface area (Å²) in [6, 6.07) is 29.9. The van der Waals surface area contributed by atoms with E-state index in [1.165, 1.54) is 12.0 Å². The number of ether oxygens (including phenoxy) is 1. The number of likely N-dealkylation sites (N-methyl/N-ethyl adjacent to an activating group) is 1. The second kappa shape index (κ2) is 15.0. The largest absolute Gasteiger partial charge is 0.467 e. The Morgan fingerprint density at radius 1 is 0.723 bits per heavy atom. The monoisotopic (exact) mass is 632 g/mol. The zero-order valence-electron chi connectivity index (χ0n) is 27.7. The minimum atomic E-state index is -0.871. The molecule has 0 bridgehead atoms. The highest BCUT2D eigenvalue weighted by molar-refractivity contribution is 5.94. The summed E-state index contributed by atoms with van der Waals surface area (Å²) in [5.41, 5.74) is 2.70. The van der Waals surface area contributed by atoms with Gasteiger partial charge in [0.1, 0.15) is 17.3 Å². The highest BCUT2D eigenvalue weighted by atomic mass is 16.5. The molecule has 2 heterocycles. The summed E-state index contributed by atoms with van der Waals surface area (Å²) in [6.07, 6.45) is 10.3. The van der Waals surface area contributed by atoms with Gasteiger partial charge in [-0.15, -0.1) is 0 Å². The molecule has 5 rings (SSSR count). The third-order valence-corrected chi connectivity index (χ3v) is 8.97. The number of hydrogen-bond donors (Lipinski definition) is 0. The molecule has 244 valence electrons. The first-order chi connectivity index (χ1) is 22.8. The minimum Gasteiger partial charge on any atom is -0.467 e. The molecule has 0 radical (unpaired) electrons. The van der Waals surface area contributed by atoms with Crippen LogP contribution in [0.1, 0.15) is 37.0 Å². The fraction of sp³-hybridized carbons (Fsp3) is 0.308. The van der Waals surface area contributed by atoms with E-state index in [9.17, 15) is 14.4 Å². The molecule has 0 spiro atoms. The van der Waals surface area contributed by atoms with Crippen molar-refractivity contribution in [2.24, 2.45) is 5.92 Å². The van der Waals surface area contributed by atoms with E-state index in [0.717, 1.165) is 16.7 Å². The van der Waals surface area contributed by atoms with Crippen LogP contribution in [0.15, 0.2) is 127 Å². The van der Waals surface area contributed by atoms with Gasteiger partial charge in [0.25, 0.3) is 5.91 Å². The Labute approximate surface area is 278 Å². The second-order valence-electron chi connectivity index (χ2n) is 12.2. The highest BCUT2D eigenvalue weighted by Crippen LogP contribution is 2.45. The van der Waals surface area contributed by atoms with Crippen molar-refractivity contribution < 1.29 is 19.1 Å². The maximum atomic E-state index is 14.7. The average Bonchev–Trinajstić information content (AvgIpc) is 3.51. The van der Waals surface area contributed by atoms with Crippen LogP contribution in [0.3, 0.4) is 0 Å². The van der Waals surface area contributed by atoms with Gasteiger partial charge in [-0.1, -0.05) is 117 Å². The van der Waals surface area contributed by atoms with Crippen LogP contribution in [0.5, 0.6) is 0 Å². The molecular formula is C39H44N4O4. The molecule has 0 aliphatic carbocycles. The first-order valence-electron chi connectivity index (χ1n) is 16.2. The van der Waals surface area contributed by atoms with Gasteiger partial charge in [0.2, 0.25) is 0 Å². The van der Waals surface area contributed by atoms with Crippen molar-refractivity contribution in [2.45, 2.75) is 31.8 Å². The number of carbonyl (C=O) groups excluding carboxylic acids is 3. The molecule has 3 aromatic carbocycles. The number of carbonyl (C=O) groups is 3. The fourth-order valence-corrected chi connectivity index (χ4v) is 6.74. The van der Waals surface area contributed by atoms with Crippen molar-refractivity contribution in [2.75, 3.05) is 40.3 Å². The maximum absolute atomic E-state index is 14.7. The fourth-order valence-electron chi connectivity index (χ4n) is 6.74. The van der Waals surface area contributed by atoms with Crippen LogP contribution in [0, 0.1) is 5.92 Å². The number of rotatable bonds is 8. The Hall–Kier alpha value is -5.11. The van der Waals surface area contributed by atoms with E-state index in [0.29, 0.717) is 38.3 Å². The molecule has 0 aromatic heterocycles. The molecule has 1 fully saturated rings. The number of urea groups is 1. The third-order valence-electron chi connectivity index (χ3n) is 8.97. The molecule has 3 amide bonds. The van der Waals surface area contributed by atoms with Crippen molar-refractivity contribution in [3.63, 3.8) is 0 Å². The molecule has 1 saturated heterocycles. The first kappa shape index (κ1) is 33.3. The zero-order chi connectivity index (χ0) is 33.4. The summed E-state index contributed by atoms with van der Waals surface area (Å²) in [6.45, 7) is 5.46. The molecule has 8 nitrogen and oxygen atoms in total. The molecule has 0 unspecified atom stereocenters. The number of methoxy groups -OCH3 is 1. The van der Waals surface area contributed by atoms with Gasteiger partial charge in [-0.3, -0.25) is 4.79 Å². The van der Waals surface area contributed by atoms with Crippen molar-refractivity contribution in [3.05, 3.63) is 144 Å². The average molecular weight is 633 g/mol. The predicted octanol–water partition coefficient (Wildman–Crippen LogP) is 6.03. The molecular weight excluding hydrogens is 588 g/mol. The topological polar surface area (TPSA) is 73.4 Å². The standard InChI is InChI=1S/C39H44N4O4/c1-30(2)35(37(45)47-4)40(3)38(46)42-26-17-25-41(28-29-42)36(44)34-24-15-8-16-27-43(34)39(31-18-9-5-10-19-31,32-20-11-6-12-21-32)33-22-13-7-14-23-33/h5-16,18-24,27,30,35H,17,25-26,28-29H2,1-4H3/t35-/m0/s1. The quantitative estimate of drug-likeness (QED) is 0.224. The van der Waals surface area contributed by atoms with E-state index < -0.39 is 17.6 Å². The lowest BCUT2D eigenvalue weighted by Crippen LogP contribution is -2.52. The summed E-state index contributed by atoms with van der Waals surface area (Å²) in [4.78, 5) is 48.0. The first-order valence-corrected chi connectivity index (χ1v) is 16.2. The van der Waals surface area contributed by atoms with E-state index in [1.54, 1.807) is 11.9 Å². The maximum Gasteiger partial charge on any atom is 0.328 e. The summed E-state index contributed by atoms with van der Waals surface area (Å²) in [5, 5.41) is 0. The Morgan fingerprint density at radius 3 is 1.74 bits per heavy atom. The number of hydrogen-bond acceptors (Lipinski definition) is 5. The molecule has 8 heteroatoms. The van der Waals surface area contributed by atoms with Gasteiger partial charge < -0.3 is 24.3 Å². The van der Waals surface area contributed by atoms with Crippen LogP contribution >= 0.6 is 0 Å². The molecule has 47 heavy (non-hydrogen) atoms. The molecule has 3 aromatic rings. The zero-order valence-corrected chi connectivity index (χ0v) is 27.7. The smallest absolute Gasteiger partial charge is 0.328 e. The number of allylic oxidation sites excluding steroid dienone is 4. The van der Waals surface area contributed by atoms with Gasteiger partial charge in [0.05, 0.1) is 7.11 Å². The highest BCUT2D eigenvalue weighted by Gasteiger charge is 2.44. The van der Waals surface area contributed by atoms with E-state index in [4.69, 9.17) is 4.74 Å². The van der Waals surface area contributed by atoms with Crippen LogP contribution in [0.4, 0.5) is 4.79 Å². The van der Waals surface area contributed by atoms with Crippen LogP contribution in [0.25, 0.3) is 0 Å². The Morgan fingerprint density at radius 2 is 1.23 bits per heavy atom. The van der Waals surface area contributed by atoms with E-state index in [1.807, 2.05) is 104 Å². The normalized spacial score (nSPS) is 15.9. The Kier molecular flexibility index (Phi) is 10.6. The lowest BCUT2D eigenvalue weighted by atomic mass is 9.75. The minimum absolute atomic E-state index is 0.116.